The number of nitrogens with zero attached hydrogens (tertiary/aromatic N) is 7. The largest absolute Gasteiger partial charge is 0.353 e. The second kappa shape index (κ2) is 8.81. The van der Waals surface area contributed by atoms with Crippen molar-refractivity contribution in [2.75, 3.05) is 49.1 Å². The van der Waals surface area contributed by atoms with Crippen LogP contribution in [0.1, 0.15) is 48.0 Å². The summed E-state index contributed by atoms with van der Waals surface area (Å²) in [4.78, 5) is 29.3. The average Bonchev–Trinajstić information content (AvgIpc) is 3.23. The lowest BCUT2D eigenvalue weighted by molar-refractivity contribution is 0.0750. The Morgan fingerprint density at radius 3 is 2.61 bits per heavy atom. The third-order valence-electron chi connectivity index (χ3n) is 5.39. The molecule has 1 amide bonds. The van der Waals surface area contributed by atoms with Crippen molar-refractivity contribution in [3.8, 4) is 0 Å². The molecule has 2 aromatic heterocycles. The van der Waals surface area contributed by atoms with E-state index in [1.54, 1.807) is 0 Å². The third kappa shape index (κ3) is 4.09. The first-order valence-electron chi connectivity index (χ1n) is 10.2. The van der Waals surface area contributed by atoms with Crippen LogP contribution >= 0.6 is 11.5 Å². The van der Waals surface area contributed by atoms with Gasteiger partial charge in [0, 0.05) is 45.5 Å². The van der Waals surface area contributed by atoms with Crippen molar-refractivity contribution in [1.29, 1.82) is 0 Å². The van der Waals surface area contributed by atoms with Gasteiger partial charge in [0.05, 0.1) is 5.69 Å². The number of anilines is 2. The van der Waals surface area contributed by atoms with Crippen molar-refractivity contribution in [3.63, 3.8) is 0 Å². The van der Waals surface area contributed by atoms with Gasteiger partial charge in [-0.2, -0.15) is 4.98 Å². The van der Waals surface area contributed by atoms with Crippen molar-refractivity contribution in [2.45, 2.75) is 39.0 Å². The lowest BCUT2D eigenvalue weighted by Crippen LogP contribution is -2.49. The second-order valence-electron chi connectivity index (χ2n) is 7.34. The SMILES string of the molecule is CCCc1nnsc1C(=O)N1CCN(c2ccnc(N3CCCCC3)n2)CC1. The van der Waals surface area contributed by atoms with Crippen molar-refractivity contribution in [2.24, 2.45) is 0 Å². The zero-order valence-corrected chi connectivity index (χ0v) is 17.2. The molecule has 2 aromatic rings. The minimum atomic E-state index is 0.0646. The smallest absolute Gasteiger partial charge is 0.267 e. The van der Waals surface area contributed by atoms with Gasteiger partial charge >= 0.3 is 0 Å². The van der Waals surface area contributed by atoms with Crippen molar-refractivity contribution < 1.29 is 4.79 Å². The van der Waals surface area contributed by atoms with Crippen LogP contribution in [-0.2, 0) is 6.42 Å². The Kier molecular flexibility index (Phi) is 5.99. The van der Waals surface area contributed by atoms with Crippen LogP contribution in [0.5, 0.6) is 0 Å². The summed E-state index contributed by atoms with van der Waals surface area (Å²) in [6.45, 7) is 7.08. The molecule has 2 fully saturated rings. The molecule has 0 N–H and O–H groups in total. The number of rotatable bonds is 5. The van der Waals surface area contributed by atoms with E-state index in [9.17, 15) is 4.79 Å². The second-order valence-corrected chi connectivity index (χ2v) is 8.09. The first-order valence-corrected chi connectivity index (χ1v) is 11.0. The standard InChI is InChI=1S/C19H27N7OS/c1-2-6-15-17(28-23-22-15)18(27)25-13-11-24(12-14-25)16-7-8-20-19(21-16)26-9-4-3-5-10-26/h7-8H,2-6,9-14H2,1H3. The highest BCUT2D eigenvalue weighted by molar-refractivity contribution is 7.08. The molecule has 8 nitrogen and oxygen atoms in total. The maximum atomic E-state index is 12.9. The van der Waals surface area contributed by atoms with Gasteiger partial charge in [0.2, 0.25) is 5.95 Å². The molecule has 4 heterocycles. The van der Waals surface area contributed by atoms with Crippen LogP contribution < -0.4 is 9.80 Å². The molecule has 0 atom stereocenters. The molecule has 2 aliphatic heterocycles. The number of carbonyl (C=O) groups excluding carboxylic acids is 1. The summed E-state index contributed by atoms with van der Waals surface area (Å²) >= 11 is 1.21. The van der Waals surface area contributed by atoms with Crippen LogP contribution in [0.2, 0.25) is 0 Å². The molecule has 0 aromatic carbocycles. The number of piperidine rings is 1. The van der Waals surface area contributed by atoms with E-state index in [2.05, 4.69) is 31.3 Å². The summed E-state index contributed by atoms with van der Waals surface area (Å²) in [6.07, 6.45) is 7.33. The lowest BCUT2D eigenvalue weighted by Gasteiger charge is -2.35. The van der Waals surface area contributed by atoms with Gasteiger partial charge in [-0.1, -0.05) is 17.8 Å². The highest BCUT2D eigenvalue weighted by Crippen LogP contribution is 2.21. The number of carbonyl (C=O) groups is 1. The Labute approximate surface area is 169 Å². The van der Waals surface area contributed by atoms with Crippen LogP contribution in [-0.4, -0.2) is 69.6 Å². The van der Waals surface area contributed by atoms with Gasteiger partial charge in [-0.05, 0) is 43.3 Å². The number of hydrogen-bond acceptors (Lipinski definition) is 8. The van der Waals surface area contributed by atoms with E-state index >= 15 is 0 Å². The highest BCUT2D eigenvalue weighted by Gasteiger charge is 2.26. The van der Waals surface area contributed by atoms with E-state index < -0.39 is 0 Å². The normalized spacial score (nSPS) is 17.8. The third-order valence-corrected chi connectivity index (χ3v) is 6.15. The van der Waals surface area contributed by atoms with E-state index in [1.165, 1.54) is 30.8 Å². The van der Waals surface area contributed by atoms with Gasteiger partial charge in [0.1, 0.15) is 10.7 Å². The fourth-order valence-corrected chi connectivity index (χ4v) is 4.49. The van der Waals surface area contributed by atoms with Crippen molar-refractivity contribution in [3.05, 3.63) is 22.8 Å². The van der Waals surface area contributed by atoms with E-state index in [0.29, 0.717) is 18.0 Å². The van der Waals surface area contributed by atoms with Gasteiger partial charge in [-0.3, -0.25) is 4.79 Å². The molecule has 0 spiro atoms. The Bertz CT molecular complexity index is 797. The Hall–Kier alpha value is -2.29. The minimum Gasteiger partial charge on any atom is -0.353 e. The fraction of sp³-hybridized carbons (Fsp3) is 0.632. The zero-order chi connectivity index (χ0) is 19.3. The minimum absolute atomic E-state index is 0.0646. The number of aryl methyl sites for hydroxylation is 1. The zero-order valence-electron chi connectivity index (χ0n) is 16.4. The van der Waals surface area contributed by atoms with Gasteiger partial charge in [0.25, 0.3) is 5.91 Å². The fourth-order valence-electron chi connectivity index (χ4n) is 3.82. The highest BCUT2D eigenvalue weighted by atomic mass is 32.1. The topological polar surface area (TPSA) is 78.4 Å². The van der Waals surface area contributed by atoms with Gasteiger partial charge in [-0.15, -0.1) is 5.10 Å². The molecule has 0 saturated carbocycles. The molecule has 0 aliphatic carbocycles. The molecule has 0 radical (unpaired) electrons. The summed E-state index contributed by atoms with van der Waals surface area (Å²) in [6, 6.07) is 1.97. The molecule has 2 saturated heterocycles. The summed E-state index contributed by atoms with van der Waals surface area (Å²) in [5.74, 6) is 1.85. The van der Waals surface area contributed by atoms with E-state index in [1.807, 2.05) is 17.2 Å². The number of aromatic nitrogens is 4. The number of piperazine rings is 1. The van der Waals surface area contributed by atoms with Gasteiger partial charge in [-0.25, -0.2) is 4.98 Å². The van der Waals surface area contributed by atoms with Crippen LogP contribution in [0.4, 0.5) is 11.8 Å². The van der Waals surface area contributed by atoms with Crippen LogP contribution in [0.15, 0.2) is 12.3 Å². The molecular formula is C19H27N7OS. The lowest BCUT2D eigenvalue weighted by atomic mass is 10.1. The number of hydrogen-bond donors (Lipinski definition) is 0. The van der Waals surface area contributed by atoms with Gasteiger partial charge < -0.3 is 14.7 Å². The quantitative estimate of drug-likeness (QED) is 0.760. The molecular weight excluding hydrogens is 374 g/mol. The molecule has 0 unspecified atom stereocenters. The maximum absolute atomic E-state index is 12.9. The Morgan fingerprint density at radius 2 is 1.86 bits per heavy atom. The van der Waals surface area contributed by atoms with Crippen LogP contribution in [0.25, 0.3) is 0 Å². The molecule has 28 heavy (non-hydrogen) atoms. The van der Waals surface area contributed by atoms with Crippen molar-refractivity contribution in [1.82, 2.24) is 24.5 Å². The predicted molar refractivity (Wildman–Crippen MR) is 110 cm³/mol. The Balaban J connectivity index is 1.39. The monoisotopic (exact) mass is 401 g/mol. The molecule has 4 rings (SSSR count). The predicted octanol–water partition coefficient (Wildman–Crippen LogP) is 2.23. The number of amides is 1. The Morgan fingerprint density at radius 1 is 1.07 bits per heavy atom. The summed E-state index contributed by atoms with van der Waals surface area (Å²) in [7, 11) is 0. The van der Waals surface area contributed by atoms with E-state index in [-0.39, 0.29) is 5.91 Å². The molecule has 150 valence electrons. The first kappa shape index (κ1) is 19.0. The van der Waals surface area contributed by atoms with Crippen molar-refractivity contribution >= 4 is 29.2 Å². The van der Waals surface area contributed by atoms with E-state index in [4.69, 9.17) is 4.98 Å². The maximum Gasteiger partial charge on any atom is 0.267 e. The van der Waals surface area contributed by atoms with E-state index in [0.717, 1.165) is 56.5 Å². The summed E-state index contributed by atoms with van der Waals surface area (Å²) in [5, 5.41) is 4.13. The average molecular weight is 402 g/mol. The molecule has 2 aliphatic rings. The summed E-state index contributed by atoms with van der Waals surface area (Å²) < 4.78 is 3.99. The first-order chi connectivity index (χ1) is 13.8. The van der Waals surface area contributed by atoms with Crippen LogP contribution in [0, 0.1) is 0 Å². The summed E-state index contributed by atoms with van der Waals surface area (Å²) in [5.41, 5.74) is 0.835. The van der Waals surface area contributed by atoms with Gasteiger partial charge in [0.15, 0.2) is 0 Å². The molecule has 9 heteroatoms. The molecule has 0 bridgehead atoms. The van der Waals surface area contributed by atoms with Crippen LogP contribution in [0.3, 0.4) is 0 Å².